The molecule has 0 unspecified atom stereocenters. The zero-order valence-electron chi connectivity index (χ0n) is 21.0. The summed E-state index contributed by atoms with van der Waals surface area (Å²) >= 11 is 0. The molecule has 8 nitrogen and oxygen atoms in total. The van der Waals surface area contributed by atoms with E-state index in [0.29, 0.717) is 38.5 Å². The predicted octanol–water partition coefficient (Wildman–Crippen LogP) is 4.32. The van der Waals surface area contributed by atoms with E-state index in [0.717, 1.165) is 22.5 Å². The molecule has 1 fully saturated rings. The summed E-state index contributed by atoms with van der Waals surface area (Å²) in [7, 11) is -2.00. The van der Waals surface area contributed by atoms with Crippen molar-refractivity contribution in [2.45, 2.75) is 24.4 Å². The number of fused-ring (bicyclic) bond motifs is 1. The maximum Gasteiger partial charge on any atom is 0.243 e. The Morgan fingerprint density at radius 1 is 0.892 bits per heavy atom. The molecule has 37 heavy (non-hydrogen) atoms. The summed E-state index contributed by atoms with van der Waals surface area (Å²) in [4.78, 5) is 12.3. The molecular weight excluding hydrogens is 486 g/mol. The number of aromatic nitrogens is 2. The molecule has 192 valence electrons. The molecule has 3 aromatic carbocycles. The van der Waals surface area contributed by atoms with Crippen molar-refractivity contribution in [1.29, 1.82) is 0 Å². The highest BCUT2D eigenvalue weighted by molar-refractivity contribution is 7.89. The van der Waals surface area contributed by atoms with Crippen LogP contribution in [0.25, 0.3) is 10.9 Å². The Kier molecular flexibility index (Phi) is 7.36. The van der Waals surface area contributed by atoms with Gasteiger partial charge in [0.2, 0.25) is 10.0 Å². The first-order valence-corrected chi connectivity index (χ1v) is 13.8. The van der Waals surface area contributed by atoms with Gasteiger partial charge in [-0.2, -0.15) is 4.31 Å². The number of hydrogen-bond donors (Lipinski definition) is 1. The van der Waals surface area contributed by atoms with Crippen molar-refractivity contribution >= 4 is 26.7 Å². The Labute approximate surface area is 218 Å². The number of sulfonamides is 1. The number of piperazine rings is 1. The Balaban J connectivity index is 1.31. The highest BCUT2D eigenvalue weighted by atomic mass is 32.2. The summed E-state index contributed by atoms with van der Waals surface area (Å²) in [5.74, 6) is 2.16. The minimum atomic E-state index is -3.56. The van der Waals surface area contributed by atoms with E-state index in [-0.39, 0.29) is 10.9 Å². The van der Waals surface area contributed by atoms with Gasteiger partial charge in [-0.05, 0) is 48.9 Å². The number of nitrogens with one attached hydrogen (secondary N) is 1. The predicted molar refractivity (Wildman–Crippen MR) is 145 cm³/mol. The lowest BCUT2D eigenvalue weighted by atomic mass is 10.2. The fourth-order valence-corrected chi connectivity index (χ4v) is 6.01. The fourth-order valence-electron chi connectivity index (χ4n) is 4.59. The van der Waals surface area contributed by atoms with E-state index in [1.807, 2.05) is 42.5 Å². The van der Waals surface area contributed by atoms with Crippen LogP contribution in [0.3, 0.4) is 0 Å². The number of methoxy groups -OCH3 is 1. The first kappa shape index (κ1) is 25.1. The summed E-state index contributed by atoms with van der Waals surface area (Å²) in [6, 6.07) is 24.7. The van der Waals surface area contributed by atoms with Gasteiger partial charge in [-0.3, -0.25) is 4.90 Å². The average molecular weight is 518 g/mol. The van der Waals surface area contributed by atoms with E-state index in [9.17, 15) is 8.42 Å². The molecule has 0 aliphatic carbocycles. The molecule has 5 rings (SSSR count). The monoisotopic (exact) mass is 517 g/mol. The third-order valence-corrected chi connectivity index (χ3v) is 8.73. The van der Waals surface area contributed by atoms with E-state index in [4.69, 9.17) is 14.7 Å². The normalized spacial score (nSPS) is 15.9. The summed E-state index contributed by atoms with van der Waals surface area (Å²) < 4.78 is 33.0. The molecule has 0 radical (unpaired) electrons. The Bertz CT molecular complexity index is 1450. The van der Waals surface area contributed by atoms with Gasteiger partial charge in [-0.25, -0.2) is 18.4 Å². The van der Waals surface area contributed by atoms with Crippen LogP contribution in [-0.2, 0) is 16.6 Å². The molecule has 1 aromatic heterocycles. The first-order valence-electron chi connectivity index (χ1n) is 12.4. The van der Waals surface area contributed by atoms with Crippen LogP contribution in [0.5, 0.6) is 5.75 Å². The van der Waals surface area contributed by atoms with E-state index < -0.39 is 10.0 Å². The van der Waals surface area contributed by atoms with E-state index in [2.05, 4.69) is 29.3 Å². The number of rotatable bonds is 8. The Morgan fingerprint density at radius 3 is 2.27 bits per heavy atom. The third-order valence-electron chi connectivity index (χ3n) is 6.82. The number of hydrogen-bond acceptors (Lipinski definition) is 7. The minimum Gasteiger partial charge on any atom is -0.497 e. The van der Waals surface area contributed by atoms with Gasteiger partial charge >= 0.3 is 0 Å². The first-order chi connectivity index (χ1) is 18.0. The van der Waals surface area contributed by atoms with E-state index in [1.54, 1.807) is 35.7 Å². The smallest absolute Gasteiger partial charge is 0.243 e. The standard InChI is InChI=1S/C28H31N5O3S/c1-21(32-16-18-33(19-17-32)37(34,35)24-14-12-23(36-2)13-15-24)27-30-26-11-7-6-10-25(26)28(31-27)29-20-22-8-4-3-5-9-22/h3-15,21H,16-20H2,1-2H3,(H,29,30,31)/t21-/m1/s1. The topological polar surface area (TPSA) is 87.7 Å². The zero-order valence-corrected chi connectivity index (χ0v) is 21.9. The van der Waals surface area contributed by atoms with Gasteiger partial charge in [0.1, 0.15) is 17.4 Å². The number of para-hydroxylation sites is 1. The lowest BCUT2D eigenvalue weighted by Gasteiger charge is -2.36. The van der Waals surface area contributed by atoms with Gasteiger partial charge in [-0.1, -0.05) is 42.5 Å². The molecule has 1 aliphatic rings. The molecule has 4 aromatic rings. The molecule has 1 saturated heterocycles. The number of anilines is 1. The second kappa shape index (κ2) is 10.8. The lowest BCUT2D eigenvalue weighted by molar-refractivity contribution is 0.141. The Hall–Kier alpha value is -3.53. The van der Waals surface area contributed by atoms with Crippen LogP contribution in [0, 0.1) is 0 Å². The van der Waals surface area contributed by atoms with Crippen LogP contribution in [0.4, 0.5) is 5.82 Å². The third kappa shape index (κ3) is 5.44. The zero-order chi connectivity index (χ0) is 25.8. The van der Waals surface area contributed by atoms with E-state index in [1.165, 1.54) is 5.56 Å². The van der Waals surface area contributed by atoms with Crippen molar-refractivity contribution in [2.24, 2.45) is 0 Å². The van der Waals surface area contributed by atoms with Gasteiger partial charge < -0.3 is 10.1 Å². The fraction of sp³-hybridized carbons (Fsp3) is 0.286. The number of nitrogens with zero attached hydrogens (tertiary/aromatic N) is 4. The molecule has 2 heterocycles. The molecular formula is C28H31N5O3S. The SMILES string of the molecule is COc1ccc(S(=O)(=O)N2CCN([C@H](C)c3nc(NCc4ccccc4)c4ccccc4n3)CC2)cc1. The number of ether oxygens (including phenoxy) is 1. The molecule has 0 spiro atoms. The summed E-state index contributed by atoms with van der Waals surface area (Å²) in [6.45, 7) is 4.76. The number of benzene rings is 3. The van der Waals surface area contributed by atoms with Crippen molar-refractivity contribution in [3.63, 3.8) is 0 Å². The van der Waals surface area contributed by atoms with Crippen LogP contribution in [0.15, 0.2) is 83.8 Å². The van der Waals surface area contributed by atoms with Gasteiger partial charge in [0.25, 0.3) is 0 Å². The highest BCUT2D eigenvalue weighted by Crippen LogP contribution is 2.27. The van der Waals surface area contributed by atoms with Crippen molar-refractivity contribution < 1.29 is 13.2 Å². The van der Waals surface area contributed by atoms with Crippen LogP contribution in [0.2, 0.25) is 0 Å². The maximum absolute atomic E-state index is 13.1. The van der Waals surface area contributed by atoms with Gasteiger partial charge in [0, 0.05) is 38.1 Å². The van der Waals surface area contributed by atoms with Crippen LogP contribution in [0.1, 0.15) is 24.4 Å². The van der Waals surface area contributed by atoms with Gasteiger partial charge in [0.15, 0.2) is 0 Å². The summed E-state index contributed by atoms with van der Waals surface area (Å²) in [5, 5.41) is 4.47. The second-order valence-electron chi connectivity index (χ2n) is 9.08. The van der Waals surface area contributed by atoms with Gasteiger partial charge in [0.05, 0.1) is 23.6 Å². The van der Waals surface area contributed by atoms with Crippen molar-refractivity contribution in [3.8, 4) is 5.75 Å². The quantitative estimate of drug-likeness (QED) is 0.372. The van der Waals surface area contributed by atoms with Crippen molar-refractivity contribution in [3.05, 3.63) is 90.3 Å². The van der Waals surface area contributed by atoms with E-state index >= 15 is 0 Å². The summed E-state index contributed by atoms with van der Waals surface area (Å²) in [5.41, 5.74) is 2.06. The van der Waals surface area contributed by atoms with Crippen molar-refractivity contribution in [2.75, 3.05) is 38.6 Å². The van der Waals surface area contributed by atoms with Crippen molar-refractivity contribution in [1.82, 2.24) is 19.2 Å². The lowest BCUT2D eigenvalue weighted by Crippen LogP contribution is -2.49. The second-order valence-corrected chi connectivity index (χ2v) is 11.0. The largest absolute Gasteiger partial charge is 0.497 e. The molecule has 0 amide bonds. The highest BCUT2D eigenvalue weighted by Gasteiger charge is 2.31. The summed E-state index contributed by atoms with van der Waals surface area (Å²) in [6.07, 6.45) is 0. The average Bonchev–Trinajstić information content (AvgIpc) is 2.96. The molecule has 1 aliphatic heterocycles. The van der Waals surface area contributed by atoms with Crippen LogP contribution in [-0.4, -0.2) is 60.9 Å². The maximum atomic E-state index is 13.1. The molecule has 1 N–H and O–H groups in total. The molecule has 1 atom stereocenters. The van der Waals surface area contributed by atoms with Crippen LogP contribution < -0.4 is 10.1 Å². The molecule has 9 heteroatoms. The minimum absolute atomic E-state index is 0.0623. The Morgan fingerprint density at radius 2 is 1.57 bits per heavy atom. The van der Waals surface area contributed by atoms with Gasteiger partial charge in [-0.15, -0.1) is 0 Å². The molecule has 0 bridgehead atoms. The van der Waals surface area contributed by atoms with Crippen LogP contribution >= 0.6 is 0 Å². The molecule has 0 saturated carbocycles.